The summed E-state index contributed by atoms with van der Waals surface area (Å²) in [6.07, 6.45) is 3.55. The zero-order chi connectivity index (χ0) is 14.4. The molecular formula is C13H21N3O3. The van der Waals surface area contributed by atoms with Crippen molar-refractivity contribution in [3.05, 3.63) is 18.0 Å². The number of ketones is 1. The molecule has 1 atom stereocenters. The van der Waals surface area contributed by atoms with Crippen LogP contribution in [0.25, 0.3) is 0 Å². The Bertz CT molecular complexity index is 440. The van der Waals surface area contributed by atoms with Gasteiger partial charge < -0.3 is 10.4 Å². The molecule has 0 saturated carbocycles. The van der Waals surface area contributed by atoms with E-state index in [1.54, 1.807) is 4.68 Å². The van der Waals surface area contributed by atoms with Crippen molar-refractivity contribution in [1.29, 1.82) is 0 Å². The first-order chi connectivity index (χ1) is 8.97. The number of nitrogens with one attached hydrogen (secondary N) is 1. The van der Waals surface area contributed by atoms with Gasteiger partial charge in [0.1, 0.15) is 0 Å². The molecule has 1 heterocycles. The summed E-state index contributed by atoms with van der Waals surface area (Å²) >= 11 is 0. The zero-order valence-corrected chi connectivity index (χ0v) is 11.6. The molecule has 2 N–H and O–H groups in total. The summed E-state index contributed by atoms with van der Waals surface area (Å²) in [4.78, 5) is 23.6. The maximum absolute atomic E-state index is 11.9. The third-order valence-corrected chi connectivity index (χ3v) is 2.74. The number of carbonyl (C=O) groups is 2. The summed E-state index contributed by atoms with van der Waals surface area (Å²) in [5.41, 5.74) is 0.264. The molecule has 0 aliphatic heterocycles. The van der Waals surface area contributed by atoms with Crippen molar-refractivity contribution in [3.8, 4) is 0 Å². The lowest BCUT2D eigenvalue weighted by Gasteiger charge is -2.17. The number of hydrogen-bond acceptors (Lipinski definition) is 4. The van der Waals surface area contributed by atoms with Crippen LogP contribution in [-0.4, -0.2) is 39.2 Å². The van der Waals surface area contributed by atoms with Crippen LogP contribution in [0.2, 0.25) is 0 Å². The minimum atomic E-state index is -0.699. The molecule has 1 unspecified atom stereocenters. The van der Waals surface area contributed by atoms with Gasteiger partial charge in [0.2, 0.25) is 0 Å². The first-order valence-corrected chi connectivity index (χ1v) is 6.46. The fourth-order valence-electron chi connectivity index (χ4n) is 1.78. The molecule has 0 aromatic carbocycles. The topological polar surface area (TPSA) is 84.2 Å². The average molecular weight is 267 g/mol. The second-order valence-corrected chi connectivity index (χ2v) is 4.90. The lowest BCUT2D eigenvalue weighted by atomic mass is 10.0. The highest BCUT2D eigenvalue weighted by Crippen LogP contribution is 2.05. The van der Waals surface area contributed by atoms with Crippen molar-refractivity contribution < 1.29 is 14.7 Å². The van der Waals surface area contributed by atoms with E-state index in [-0.39, 0.29) is 12.2 Å². The molecule has 1 aromatic heterocycles. The van der Waals surface area contributed by atoms with Crippen LogP contribution >= 0.6 is 0 Å². The quantitative estimate of drug-likeness (QED) is 0.560. The number of amides is 1. The van der Waals surface area contributed by atoms with E-state index in [9.17, 15) is 14.7 Å². The summed E-state index contributed by atoms with van der Waals surface area (Å²) in [6.45, 7) is 6.34. The van der Waals surface area contributed by atoms with Crippen LogP contribution < -0.4 is 5.32 Å². The van der Waals surface area contributed by atoms with E-state index < -0.39 is 17.7 Å². The van der Waals surface area contributed by atoms with Crippen molar-refractivity contribution in [1.82, 2.24) is 15.1 Å². The summed E-state index contributed by atoms with van der Waals surface area (Å²) in [5.74, 6) is -0.993. The van der Waals surface area contributed by atoms with Gasteiger partial charge in [-0.3, -0.25) is 14.3 Å². The summed E-state index contributed by atoms with van der Waals surface area (Å²) in [5, 5.41) is 15.7. The van der Waals surface area contributed by atoms with Gasteiger partial charge in [-0.1, -0.05) is 13.8 Å². The third-order valence-electron chi connectivity index (χ3n) is 2.74. The smallest absolute Gasteiger partial charge is 0.292 e. The second-order valence-electron chi connectivity index (χ2n) is 4.90. The number of carbonyl (C=O) groups excluding carboxylic acids is 2. The van der Waals surface area contributed by atoms with E-state index in [2.05, 4.69) is 10.4 Å². The molecule has 1 amide bonds. The van der Waals surface area contributed by atoms with Crippen LogP contribution in [0.3, 0.4) is 0 Å². The van der Waals surface area contributed by atoms with Crippen LogP contribution in [0, 0.1) is 5.92 Å². The number of aliphatic hydroxyl groups is 1. The van der Waals surface area contributed by atoms with Gasteiger partial charge in [-0.05, 0) is 19.3 Å². The number of Topliss-reactive ketones (excluding diaryl/α,β-unsaturated/α-hetero) is 1. The Morgan fingerprint density at radius 3 is 2.63 bits per heavy atom. The Balaban J connectivity index is 2.63. The second kappa shape index (κ2) is 7.04. The maximum atomic E-state index is 11.9. The Morgan fingerprint density at radius 2 is 2.16 bits per heavy atom. The molecule has 0 aliphatic carbocycles. The number of aryl methyl sites for hydroxylation is 1. The van der Waals surface area contributed by atoms with Crippen molar-refractivity contribution in [2.24, 2.45) is 5.92 Å². The predicted octanol–water partition coefficient (Wildman–Crippen LogP) is 0.609. The molecule has 1 aromatic rings. The minimum Gasteiger partial charge on any atom is -0.394 e. The fraction of sp³-hybridized carbons (Fsp3) is 0.615. The molecule has 0 saturated heterocycles. The highest BCUT2D eigenvalue weighted by Gasteiger charge is 2.21. The van der Waals surface area contributed by atoms with Crippen LogP contribution in [0.4, 0.5) is 0 Å². The molecule has 19 heavy (non-hydrogen) atoms. The minimum absolute atomic E-state index is 0.175. The van der Waals surface area contributed by atoms with Gasteiger partial charge in [-0.2, -0.15) is 5.10 Å². The standard InChI is InChI=1S/C13H21N3O3/c1-4-16-7-10(6-14-16)12(18)13(19)15-11(8-17)5-9(2)3/h6-7,9,11,17H,4-5,8H2,1-3H3,(H,15,19). The SMILES string of the molecule is CCn1cc(C(=O)C(=O)NC(CO)CC(C)C)cn1. The van der Waals surface area contributed by atoms with E-state index in [4.69, 9.17) is 0 Å². The molecule has 6 heteroatoms. The number of aromatic nitrogens is 2. The van der Waals surface area contributed by atoms with Crippen LogP contribution in [-0.2, 0) is 11.3 Å². The van der Waals surface area contributed by atoms with Crippen molar-refractivity contribution in [3.63, 3.8) is 0 Å². The van der Waals surface area contributed by atoms with Crippen molar-refractivity contribution >= 4 is 11.7 Å². The summed E-state index contributed by atoms with van der Waals surface area (Å²) in [7, 11) is 0. The largest absolute Gasteiger partial charge is 0.394 e. The maximum Gasteiger partial charge on any atom is 0.292 e. The Morgan fingerprint density at radius 1 is 1.47 bits per heavy atom. The number of aliphatic hydroxyl groups excluding tert-OH is 1. The molecule has 0 spiro atoms. The van der Waals surface area contributed by atoms with Gasteiger partial charge in [0, 0.05) is 12.7 Å². The van der Waals surface area contributed by atoms with Gasteiger partial charge in [-0.25, -0.2) is 0 Å². The fourth-order valence-corrected chi connectivity index (χ4v) is 1.78. The number of nitrogens with zero attached hydrogens (tertiary/aromatic N) is 2. The summed E-state index contributed by atoms with van der Waals surface area (Å²) < 4.78 is 1.58. The Kier molecular flexibility index (Phi) is 5.69. The molecule has 106 valence electrons. The zero-order valence-electron chi connectivity index (χ0n) is 11.6. The van der Waals surface area contributed by atoms with Crippen molar-refractivity contribution in [2.45, 2.75) is 39.8 Å². The molecule has 0 aliphatic rings. The van der Waals surface area contributed by atoms with E-state index >= 15 is 0 Å². The molecule has 6 nitrogen and oxygen atoms in total. The van der Waals surface area contributed by atoms with Gasteiger partial charge >= 0.3 is 0 Å². The first kappa shape index (κ1) is 15.4. The van der Waals surface area contributed by atoms with E-state index in [1.807, 2.05) is 20.8 Å². The van der Waals surface area contributed by atoms with E-state index in [1.165, 1.54) is 12.4 Å². The first-order valence-electron chi connectivity index (χ1n) is 6.46. The highest BCUT2D eigenvalue weighted by molar-refractivity contribution is 6.42. The Labute approximate surface area is 112 Å². The van der Waals surface area contributed by atoms with Crippen LogP contribution in [0.15, 0.2) is 12.4 Å². The van der Waals surface area contributed by atoms with Crippen molar-refractivity contribution in [2.75, 3.05) is 6.61 Å². The molecule has 0 fully saturated rings. The monoisotopic (exact) mass is 267 g/mol. The third kappa shape index (κ3) is 4.48. The number of hydrogen-bond donors (Lipinski definition) is 2. The van der Waals surface area contributed by atoms with Crippen LogP contribution in [0.5, 0.6) is 0 Å². The molecule has 0 radical (unpaired) electrons. The summed E-state index contributed by atoms with van der Waals surface area (Å²) in [6, 6.07) is -0.391. The lowest BCUT2D eigenvalue weighted by molar-refractivity contribution is -0.118. The van der Waals surface area contributed by atoms with E-state index in [0.717, 1.165) is 0 Å². The van der Waals surface area contributed by atoms with Crippen LogP contribution in [0.1, 0.15) is 37.6 Å². The highest BCUT2D eigenvalue weighted by atomic mass is 16.3. The lowest BCUT2D eigenvalue weighted by Crippen LogP contribution is -2.42. The predicted molar refractivity (Wildman–Crippen MR) is 70.7 cm³/mol. The molecule has 1 rings (SSSR count). The molecular weight excluding hydrogens is 246 g/mol. The van der Waals surface area contributed by atoms with Gasteiger partial charge in [0.05, 0.1) is 24.4 Å². The Hall–Kier alpha value is -1.69. The average Bonchev–Trinajstić information content (AvgIpc) is 2.84. The normalized spacial score (nSPS) is 12.5. The van der Waals surface area contributed by atoms with Gasteiger partial charge in [0.15, 0.2) is 0 Å². The van der Waals surface area contributed by atoms with E-state index in [0.29, 0.717) is 18.9 Å². The van der Waals surface area contributed by atoms with Gasteiger partial charge in [-0.15, -0.1) is 0 Å². The number of rotatable bonds is 7. The van der Waals surface area contributed by atoms with Gasteiger partial charge in [0.25, 0.3) is 11.7 Å². The molecule has 0 bridgehead atoms.